The molecule has 0 N–H and O–H groups in total. The van der Waals surface area contributed by atoms with Crippen LogP contribution in [-0.4, -0.2) is 0 Å². The molecule has 21 heavy (non-hydrogen) atoms. The molecule has 0 saturated heterocycles. The summed E-state index contributed by atoms with van der Waals surface area (Å²) in [5.74, 6) is 0.817. The molecule has 0 aliphatic rings. The first kappa shape index (κ1) is 17.8. The van der Waals surface area contributed by atoms with Crippen LogP contribution in [0.1, 0.15) is 44.7 Å². The van der Waals surface area contributed by atoms with Crippen molar-refractivity contribution in [2.24, 2.45) is 5.92 Å². The third-order valence-corrected chi connectivity index (χ3v) is 3.83. The van der Waals surface area contributed by atoms with Gasteiger partial charge in [-0.3, -0.25) is 0 Å². The minimum Gasteiger partial charge on any atom is -0.0843 e. The van der Waals surface area contributed by atoms with E-state index in [1.54, 1.807) is 0 Å². The first-order chi connectivity index (χ1) is 10.2. The van der Waals surface area contributed by atoms with Crippen LogP contribution in [0.25, 0.3) is 0 Å². The van der Waals surface area contributed by atoms with Gasteiger partial charge in [0, 0.05) is 5.02 Å². The van der Waals surface area contributed by atoms with Gasteiger partial charge < -0.3 is 0 Å². The molecular weight excluding hydrogens is 276 g/mol. The average Bonchev–Trinajstić information content (AvgIpc) is 2.51. The third-order valence-electron chi connectivity index (χ3n) is 3.58. The van der Waals surface area contributed by atoms with Crippen LogP contribution < -0.4 is 0 Å². The second-order valence-electron chi connectivity index (χ2n) is 5.58. The van der Waals surface area contributed by atoms with Crippen LogP contribution in [0.5, 0.6) is 0 Å². The zero-order chi connectivity index (χ0) is 15.5. The second-order valence-corrected chi connectivity index (χ2v) is 6.02. The molecule has 0 nitrogen and oxygen atoms in total. The minimum absolute atomic E-state index is 0.817. The van der Waals surface area contributed by atoms with Crippen LogP contribution in [-0.2, 0) is 12.8 Å². The number of hydrogen-bond donors (Lipinski definition) is 0. The van der Waals surface area contributed by atoms with Crippen molar-refractivity contribution in [2.75, 3.05) is 0 Å². The van der Waals surface area contributed by atoms with Crippen molar-refractivity contribution in [1.82, 2.24) is 0 Å². The molecule has 1 atom stereocenters. The molecule has 0 fully saturated rings. The normalized spacial score (nSPS) is 11.4. The molecule has 0 bridgehead atoms. The third kappa shape index (κ3) is 7.92. The van der Waals surface area contributed by atoms with Gasteiger partial charge in [-0.05, 0) is 42.0 Å². The molecular formula is C20H27Cl. The van der Waals surface area contributed by atoms with Crippen LogP contribution in [0.2, 0.25) is 5.02 Å². The van der Waals surface area contributed by atoms with Crippen molar-refractivity contribution >= 4 is 11.6 Å². The first-order valence-electron chi connectivity index (χ1n) is 7.94. The minimum atomic E-state index is 0.817. The smallest absolute Gasteiger partial charge is 0.0406 e. The molecule has 0 amide bonds. The second kappa shape index (κ2) is 10.5. The maximum absolute atomic E-state index is 5.71. The molecule has 2 rings (SSSR count). The summed E-state index contributed by atoms with van der Waals surface area (Å²) in [6, 6.07) is 18.7. The van der Waals surface area contributed by atoms with E-state index in [1.165, 1.54) is 30.4 Å². The average molecular weight is 303 g/mol. The highest BCUT2D eigenvalue weighted by Gasteiger charge is 1.98. The van der Waals surface area contributed by atoms with Gasteiger partial charge in [-0.15, -0.1) is 0 Å². The summed E-state index contributed by atoms with van der Waals surface area (Å²) in [5.41, 5.74) is 2.83. The number of halogens is 1. The van der Waals surface area contributed by atoms with Crippen molar-refractivity contribution in [2.45, 2.75) is 46.5 Å². The largest absolute Gasteiger partial charge is 0.0843 e. The Morgan fingerprint density at radius 1 is 0.857 bits per heavy atom. The monoisotopic (exact) mass is 302 g/mol. The van der Waals surface area contributed by atoms with Gasteiger partial charge in [-0.1, -0.05) is 87.7 Å². The highest BCUT2D eigenvalue weighted by Crippen LogP contribution is 2.11. The van der Waals surface area contributed by atoms with E-state index >= 15 is 0 Å². The molecule has 0 aromatic heterocycles. The molecule has 1 heteroatoms. The van der Waals surface area contributed by atoms with E-state index in [4.69, 9.17) is 11.6 Å². The Balaban J connectivity index is 0.000000211. The van der Waals surface area contributed by atoms with E-state index in [2.05, 4.69) is 63.2 Å². The summed E-state index contributed by atoms with van der Waals surface area (Å²) >= 11 is 5.71. The van der Waals surface area contributed by atoms with Crippen LogP contribution in [0.3, 0.4) is 0 Å². The zero-order valence-corrected chi connectivity index (χ0v) is 14.2. The Labute approximate surface area is 135 Å². The van der Waals surface area contributed by atoms with Crippen molar-refractivity contribution in [1.29, 1.82) is 0 Å². The lowest BCUT2D eigenvalue weighted by molar-refractivity contribution is 0.560. The van der Waals surface area contributed by atoms with Gasteiger partial charge in [0.05, 0.1) is 0 Å². The summed E-state index contributed by atoms with van der Waals surface area (Å²) in [6.07, 6.45) is 4.84. The Bertz CT molecular complexity index is 473. The van der Waals surface area contributed by atoms with Gasteiger partial charge >= 0.3 is 0 Å². The lowest BCUT2D eigenvalue weighted by atomic mass is 9.99. The highest BCUT2D eigenvalue weighted by atomic mass is 35.5. The summed E-state index contributed by atoms with van der Waals surface area (Å²) < 4.78 is 0. The molecule has 0 aliphatic carbocycles. The van der Waals surface area contributed by atoms with Crippen LogP contribution >= 0.6 is 11.6 Å². The van der Waals surface area contributed by atoms with Gasteiger partial charge in [0.25, 0.3) is 0 Å². The fraction of sp³-hybridized carbons (Fsp3) is 0.400. The summed E-state index contributed by atoms with van der Waals surface area (Å²) in [7, 11) is 0. The maximum Gasteiger partial charge on any atom is 0.0406 e. The molecule has 0 radical (unpaired) electrons. The Hall–Kier alpha value is -1.27. The number of hydrogen-bond acceptors (Lipinski definition) is 0. The van der Waals surface area contributed by atoms with Crippen molar-refractivity contribution in [3.05, 3.63) is 70.7 Å². The fourth-order valence-corrected chi connectivity index (χ4v) is 2.23. The summed E-state index contributed by atoms with van der Waals surface area (Å²) in [4.78, 5) is 0. The number of benzene rings is 2. The van der Waals surface area contributed by atoms with E-state index in [9.17, 15) is 0 Å². The molecule has 2 aromatic carbocycles. The van der Waals surface area contributed by atoms with Crippen molar-refractivity contribution in [3.8, 4) is 0 Å². The van der Waals surface area contributed by atoms with E-state index < -0.39 is 0 Å². The van der Waals surface area contributed by atoms with Gasteiger partial charge in [-0.25, -0.2) is 0 Å². The van der Waals surface area contributed by atoms with Crippen LogP contribution in [0, 0.1) is 5.92 Å². The topological polar surface area (TPSA) is 0 Å². The van der Waals surface area contributed by atoms with Gasteiger partial charge in [0.15, 0.2) is 0 Å². The molecule has 0 heterocycles. The van der Waals surface area contributed by atoms with E-state index in [1.807, 2.05) is 12.1 Å². The highest BCUT2D eigenvalue weighted by molar-refractivity contribution is 6.30. The fourth-order valence-electron chi connectivity index (χ4n) is 2.10. The number of rotatable bonds is 5. The SMILES string of the molecule is CCC(C)Cc1ccccc1.CCCc1ccc(Cl)cc1. The van der Waals surface area contributed by atoms with Crippen LogP contribution in [0.15, 0.2) is 54.6 Å². The lowest BCUT2D eigenvalue weighted by Crippen LogP contribution is -1.96. The molecule has 2 aromatic rings. The van der Waals surface area contributed by atoms with E-state index in [-0.39, 0.29) is 0 Å². The molecule has 0 spiro atoms. The molecule has 0 saturated carbocycles. The Morgan fingerprint density at radius 2 is 1.48 bits per heavy atom. The molecule has 0 aliphatic heterocycles. The lowest BCUT2D eigenvalue weighted by Gasteiger charge is -2.06. The molecule has 114 valence electrons. The van der Waals surface area contributed by atoms with Crippen LogP contribution in [0.4, 0.5) is 0 Å². The first-order valence-corrected chi connectivity index (χ1v) is 8.31. The predicted molar refractivity (Wildman–Crippen MR) is 95.0 cm³/mol. The zero-order valence-electron chi connectivity index (χ0n) is 13.5. The van der Waals surface area contributed by atoms with Crippen molar-refractivity contribution < 1.29 is 0 Å². The van der Waals surface area contributed by atoms with E-state index in [0.29, 0.717) is 0 Å². The van der Waals surface area contributed by atoms with Gasteiger partial charge in [0.1, 0.15) is 0 Å². The van der Waals surface area contributed by atoms with Gasteiger partial charge in [0.2, 0.25) is 0 Å². The Kier molecular flexibility index (Phi) is 8.85. The predicted octanol–water partition coefficient (Wildman–Crippen LogP) is 6.57. The summed E-state index contributed by atoms with van der Waals surface area (Å²) in [5, 5.41) is 0.819. The van der Waals surface area contributed by atoms with E-state index in [0.717, 1.165) is 17.4 Å². The standard InChI is InChI=1S/C11H16.C9H11Cl/c1-3-10(2)9-11-7-5-4-6-8-11;1-2-3-8-4-6-9(10)7-5-8/h4-8,10H,3,9H2,1-2H3;4-7H,2-3H2,1H3. The summed E-state index contributed by atoms with van der Waals surface area (Å²) in [6.45, 7) is 6.72. The quantitative estimate of drug-likeness (QED) is 0.586. The Morgan fingerprint density at radius 3 is 2.00 bits per heavy atom. The number of aryl methyl sites for hydroxylation is 1. The van der Waals surface area contributed by atoms with Gasteiger partial charge in [-0.2, -0.15) is 0 Å². The van der Waals surface area contributed by atoms with Crippen molar-refractivity contribution in [3.63, 3.8) is 0 Å². The maximum atomic E-state index is 5.71. The molecule has 1 unspecified atom stereocenters.